The molecular weight excluding hydrogens is 552 g/mol. The van der Waals surface area contributed by atoms with Crippen molar-refractivity contribution >= 4 is 34.6 Å². The fraction of sp³-hybridized carbons (Fsp3) is 0.389. The van der Waals surface area contributed by atoms with Crippen LogP contribution >= 0.6 is 0 Å². The van der Waals surface area contributed by atoms with Crippen LogP contribution in [0.5, 0.6) is 11.5 Å². The molecular formula is C36H40N4O4. The van der Waals surface area contributed by atoms with Gasteiger partial charge in [-0.2, -0.15) is 10.2 Å². The fourth-order valence-electron chi connectivity index (χ4n) is 7.12. The summed E-state index contributed by atoms with van der Waals surface area (Å²) in [5, 5.41) is 23.0. The summed E-state index contributed by atoms with van der Waals surface area (Å²) in [6, 6.07) is 18.8. The van der Waals surface area contributed by atoms with Gasteiger partial charge in [-0.3, -0.25) is 9.59 Å². The first-order valence-electron chi connectivity index (χ1n) is 15.4. The van der Waals surface area contributed by atoms with Gasteiger partial charge in [-0.1, -0.05) is 36.4 Å². The van der Waals surface area contributed by atoms with Crippen LogP contribution in [0.15, 0.2) is 70.9 Å². The zero-order valence-corrected chi connectivity index (χ0v) is 26.3. The number of carbonyl (C=O) groups is 2. The summed E-state index contributed by atoms with van der Waals surface area (Å²) in [4.78, 5) is 28.2. The largest absolute Gasteiger partial charge is 0.507 e. The quantitative estimate of drug-likeness (QED) is 0.324. The van der Waals surface area contributed by atoms with Crippen molar-refractivity contribution in [1.82, 2.24) is 0 Å². The molecule has 8 nitrogen and oxygen atoms in total. The lowest BCUT2D eigenvalue weighted by Gasteiger charge is -2.39. The van der Waals surface area contributed by atoms with E-state index in [1.807, 2.05) is 95.3 Å². The second-order valence-electron chi connectivity index (χ2n) is 12.7. The topological polar surface area (TPSA) is 94.8 Å². The summed E-state index contributed by atoms with van der Waals surface area (Å²) in [6.07, 6.45) is 2.75. The standard InChI is InChI=1S/C36H40N4O4/c1-21-22(2)33-28(23(3)32(21)41)17-19-36(6,44-33)20-18-29(30-24(4)37-39(34(30)42)26-13-9-7-10-14-26)31-25(5)38-40(35(31)43)27-15-11-8-12-16-27/h7-16,29-31,41H,17-20H2,1-6H3. The number of para-hydroxylation sites is 2. The number of hydrogen-bond acceptors (Lipinski definition) is 6. The van der Waals surface area contributed by atoms with Crippen molar-refractivity contribution in [2.45, 2.75) is 72.8 Å². The third kappa shape index (κ3) is 4.96. The number of rotatable bonds is 7. The van der Waals surface area contributed by atoms with E-state index in [0.717, 1.165) is 40.8 Å². The van der Waals surface area contributed by atoms with E-state index in [2.05, 4.69) is 6.92 Å². The maximum Gasteiger partial charge on any atom is 0.256 e. The van der Waals surface area contributed by atoms with Crippen molar-refractivity contribution in [2.75, 3.05) is 10.0 Å². The number of hydrazone groups is 2. The lowest BCUT2D eigenvalue weighted by atomic mass is 9.72. The maximum atomic E-state index is 14.1. The molecule has 3 aliphatic rings. The van der Waals surface area contributed by atoms with Gasteiger partial charge in [0.25, 0.3) is 11.8 Å². The number of amides is 2. The minimum Gasteiger partial charge on any atom is -0.507 e. The van der Waals surface area contributed by atoms with Gasteiger partial charge in [0.05, 0.1) is 23.2 Å². The normalized spacial score (nSPS) is 23.8. The Morgan fingerprint density at radius 2 is 1.32 bits per heavy atom. The fourth-order valence-corrected chi connectivity index (χ4v) is 7.12. The minimum absolute atomic E-state index is 0.130. The molecule has 3 aliphatic heterocycles. The third-order valence-corrected chi connectivity index (χ3v) is 9.82. The first-order chi connectivity index (χ1) is 21.0. The summed E-state index contributed by atoms with van der Waals surface area (Å²) in [5.41, 5.74) is 6.00. The van der Waals surface area contributed by atoms with Gasteiger partial charge in [0, 0.05) is 17.0 Å². The highest BCUT2D eigenvalue weighted by Crippen LogP contribution is 2.46. The summed E-state index contributed by atoms with van der Waals surface area (Å²) >= 11 is 0. The Morgan fingerprint density at radius 3 is 1.82 bits per heavy atom. The van der Waals surface area contributed by atoms with Gasteiger partial charge in [0.2, 0.25) is 0 Å². The molecule has 0 saturated carbocycles. The molecule has 3 heterocycles. The highest BCUT2D eigenvalue weighted by atomic mass is 16.5. The van der Waals surface area contributed by atoms with E-state index in [1.165, 1.54) is 10.0 Å². The Bertz CT molecular complexity index is 1600. The van der Waals surface area contributed by atoms with Gasteiger partial charge in [-0.05, 0) is 114 Å². The number of fused-ring (bicyclic) bond motifs is 1. The summed E-state index contributed by atoms with van der Waals surface area (Å²) in [5.74, 6) is -0.594. The summed E-state index contributed by atoms with van der Waals surface area (Å²) < 4.78 is 6.77. The molecule has 0 spiro atoms. The molecule has 0 radical (unpaired) electrons. The molecule has 0 bridgehead atoms. The molecule has 3 unspecified atom stereocenters. The number of hydrogen-bond donors (Lipinski definition) is 1. The molecule has 228 valence electrons. The van der Waals surface area contributed by atoms with E-state index in [9.17, 15) is 14.7 Å². The van der Waals surface area contributed by atoms with Gasteiger partial charge in [0.1, 0.15) is 17.1 Å². The number of phenolic OH excluding ortho intramolecular Hbond substituents is 1. The van der Waals surface area contributed by atoms with Crippen LogP contribution in [0.4, 0.5) is 11.4 Å². The van der Waals surface area contributed by atoms with Crippen molar-refractivity contribution < 1.29 is 19.4 Å². The van der Waals surface area contributed by atoms with Gasteiger partial charge in [-0.25, -0.2) is 10.0 Å². The van der Waals surface area contributed by atoms with Gasteiger partial charge < -0.3 is 9.84 Å². The lowest BCUT2D eigenvalue weighted by molar-refractivity contribution is -0.124. The van der Waals surface area contributed by atoms with E-state index in [0.29, 0.717) is 41.4 Å². The molecule has 1 N–H and O–H groups in total. The Labute approximate surface area is 259 Å². The third-order valence-electron chi connectivity index (χ3n) is 9.82. The molecule has 44 heavy (non-hydrogen) atoms. The summed E-state index contributed by atoms with van der Waals surface area (Å²) in [6.45, 7) is 11.7. The van der Waals surface area contributed by atoms with Crippen LogP contribution in [0.2, 0.25) is 0 Å². The Balaban J connectivity index is 1.33. The van der Waals surface area contributed by atoms with Crippen molar-refractivity contribution in [2.24, 2.45) is 28.0 Å². The van der Waals surface area contributed by atoms with E-state index in [4.69, 9.17) is 14.9 Å². The number of ether oxygens (including phenoxy) is 1. The average Bonchev–Trinajstić information content (AvgIpc) is 3.49. The predicted octanol–water partition coefficient (Wildman–Crippen LogP) is 6.88. The highest BCUT2D eigenvalue weighted by molar-refractivity contribution is 6.18. The molecule has 3 atom stereocenters. The van der Waals surface area contributed by atoms with E-state index in [1.54, 1.807) is 0 Å². The second kappa shape index (κ2) is 11.2. The van der Waals surface area contributed by atoms with E-state index < -0.39 is 17.4 Å². The minimum atomic E-state index is -0.576. The molecule has 8 heteroatoms. The van der Waals surface area contributed by atoms with Gasteiger partial charge in [0.15, 0.2) is 0 Å². The van der Waals surface area contributed by atoms with Crippen LogP contribution in [-0.2, 0) is 16.0 Å². The maximum absolute atomic E-state index is 14.1. The van der Waals surface area contributed by atoms with E-state index in [-0.39, 0.29) is 17.7 Å². The average molecular weight is 593 g/mol. The van der Waals surface area contributed by atoms with Crippen molar-refractivity contribution in [3.63, 3.8) is 0 Å². The SMILES string of the molecule is CC1=NN(c2ccccc2)C(=O)C1C(CCC1(C)CCc2c(C)c(O)c(C)c(C)c2O1)C1C(=O)N(c2ccccc2)N=C1C. The molecule has 0 saturated heterocycles. The van der Waals surface area contributed by atoms with Crippen LogP contribution in [0.25, 0.3) is 0 Å². The number of aromatic hydroxyl groups is 1. The van der Waals surface area contributed by atoms with Gasteiger partial charge >= 0.3 is 0 Å². The van der Waals surface area contributed by atoms with Crippen LogP contribution in [0.1, 0.15) is 62.3 Å². The number of anilines is 2. The first kappa shape index (κ1) is 29.6. The Morgan fingerprint density at radius 1 is 0.818 bits per heavy atom. The van der Waals surface area contributed by atoms with Crippen molar-refractivity contribution in [3.05, 3.63) is 82.9 Å². The molecule has 0 fully saturated rings. The molecule has 6 rings (SSSR count). The Kier molecular flexibility index (Phi) is 7.56. The zero-order chi connectivity index (χ0) is 31.3. The zero-order valence-electron chi connectivity index (χ0n) is 26.3. The molecule has 0 aromatic heterocycles. The molecule has 3 aromatic carbocycles. The molecule has 3 aromatic rings. The molecule has 0 aliphatic carbocycles. The lowest BCUT2D eigenvalue weighted by Crippen LogP contribution is -2.44. The van der Waals surface area contributed by atoms with Crippen LogP contribution in [-0.4, -0.2) is 33.9 Å². The number of nitrogens with zero attached hydrogens (tertiary/aromatic N) is 4. The highest BCUT2D eigenvalue weighted by Gasteiger charge is 2.50. The summed E-state index contributed by atoms with van der Waals surface area (Å²) in [7, 11) is 0. The number of benzene rings is 3. The number of carbonyl (C=O) groups excluding carboxylic acids is 2. The van der Waals surface area contributed by atoms with Crippen LogP contribution in [0.3, 0.4) is 0 Å². The Hall–Kier alpha value is -4.46. The van der Waals surface area contributed by atoms with Crippen LogP contribution in [0, 0.1) is 38.5 Å². The van der Waals surface area contributed by atoms with Crippen molar-refractivity contribution in [1.29, 1.82) is 0 Å². The van der Waals surface area contributed by atoms with Crippen molar-refractivity contribution in [3.8, 4) is 11.5 Å². The van der Waals surface area contributed by atoms with Gasteiger partial charge in [-0.15, -0.1) is 0 Å². The first-order valence-corrected chi connectivity index (χ1v) is 15.4. The number of phenols is 1. The smallest absolute Gasteiger partial charge is 0.256 e. The predicted molar refractivity (Wildman–Crippen MR) is 173 cm³/mol. The monoisotopic (exact) mass is 592 g/mol. The van der Waals surface area contributed by atoms with Crippen LogP contribution < -0.4 is 14.8 Å². The molecule has 2 amide bonds. The second-order valence-corrected chi connectivity index (χ2v) is 12.7. The van der Waals surface area contributed by atoms with E-state index >= 15 is 0 Å².